The van der Waals surface area contributed by atoms with Crippen molar-refractivity contribution in [2.45, 2.75) is 26.7 Å². The summed E-state index contributed by atoms with van der Waals surface area (Å²) in [5.41, 5.74) is 0.277. The van der Waals surface area contributed by atoms with Crippen LogP contribution in [0.5, 0.6) is 5.75 Å². The maximum absolute atomic E-state index is 13.6. The third-order valence-electron chi connectivity index (χ3n) is 2.88. The van der Waals surface area contributed by atoms with E-state index in [9.17, 15) is 4.39 Å². The highest BCUT2D eigenvalue weighted by atomic mass is 19.1. The summed E-state index contributed by atoms with van der Waals surface area (Å²) in [4.78, 5) is 0. The lowest BCUT2D eigenvalue weighted by molar-refractivity contribution is 0.240. The number of rotatable bonds is 5. The van der Waals surface area contributed by atoms with Crippen LogP contribution in [0.2, 0.25) is 0 Å². The molecule has 1 N–H and O–H groups in total. The third-order valence-corrected chi connectivity index (χ3v) is 2.88. The summed E-state index contributed by atoms with van der Waals surface area (Å²) in [6, 6.07) is 4.61. The lowest BCUT2D eigenvalue weighted by Crippen LogP contribution is -2.10. The Morgan fingerprint density at radius 3 is 2.61 bits per heavy atom. The summed E-state index contributed by atoms with van der Waals surface area (Å²) in [6.07, 6.45) is 2.11. The Bertz CT molecular complexity index is 428. The summed E-state index contributed by atoms with van der Waals surface area (Å²) >= 11 is 0. The number of ether oxygens (including phenoxy) is 1. The molecule has 0 radical (unpaired) electrons. The van der Waals surface area contributed by atoms with Crippen molar-refractivity contribution in [3.05, 3.63) is 29.6 Å². The minimum Gasteiger partial charge on any atom is -0.493 e. The molecule has 98 valence electrons. The van der Waals surface area contributed by atoms with Crippen LogP contribution in [0, 0.1) is 23.6 Å². The van der Waals surface area contributed by atoms with E-state index < -0.39 is 5.82 Å². The molecule has 0 saturated heterocycles. The van der Waals surface area contributed by atoms with Crippen LogP contribution >= 0.6 is 0 Å². The Kier molecular flexibility index (Phi) is 6.24. The topological polar surface area (TPSA) is 29.5 Å². The SMILES string of the molecule is CCC(CC)COc1ccc(C#CCO)c(F)c1. The van der Waals surface area contributed by atoms with Crippen LogP contribution in [0.15, 0.2) is 18.2 Å². The van der Waals surface area contributed by atoms with Gasteiger partial charge in [-0.3, -0.25) is 0 Å². The van der Waals surface area contributed by atoms with Crippen LogP contribution in [-0.2, 0) is 0 Å². The van der Waals surface area contributed by atoms with Crippen molar-refractivity contribution in [1.29, 1.82) is 0 Å². The van der Waals surface area contributed by atoms with Gasteiger partial charge < -0.3 is 9.84 Å². The van der Waals surface area contributed by atoms with Gasteiger partial charge in [-0.25, -0.2) is 4.39 Å². The van der Waals surface area contributed by atoms with Gasteiger partial charge in [-0.05, 0) is 18.1 Å². The highest BCUT2D eigenvalue weighted by Gasteiger charge is 2.06. The van der Waals surface area contributed by atoms with E-state index >= 15 is 0 Å². The van der Waals surface area contributed by atoms with Crippen LogP contribution in [0.1, 0.15) is 32.3 Å². The van der Waals surface area contributed by atoms with Crippen molar-refractivity contribution in [2.24, 2.45) is 5.92 Å². The van der Waals surface area contributed by atoms with Gasteiger partial charge in [-0.15, -0.1) is 0 Å². The number of halogens is 1. The second-order valence-corrected chi connectivity index (χ2v) is 4.10. The first-order valence-corrected chi connectivity index (χ1v) is 6.23. The first-order valence-electron chi connectivity index (χ1n) is 6.23. The van der Waals surface area contributed by atoms with E-state index in [1.54, 1.807) is 12.1 Å². The number of benzene rings is 1. The lowest BCUT2D eigenvalue weighted by atomic mass is 10.1. The van der Waals surface area contributed by atoms with Crippen LogP contribution in [0.25, 0.3) is 0 Å². The summed E-state index contributed by atoms with van der Waals surface area (Å²) in [5, 5.41) is 8.55. The summed E-state index contributed by atoms with van der Waals surface area (Å²) in [6.45, 7) is 4.57. The molecule has 0 fully saturated rings. The molecule has 0 atom stereocenters. The first kappa shape index (κ1) is 14.5. The molecule has 0 spiro atoms. The molecule has 2 nitrogen and oxygen atoms in total. The van der Waals surface area contributed by atoms with E-state index in [-0.39, 0.29) is 12.2 Å². The van der Waals surface area contributed by atoms with Gasteiger partial charge in [0.2, 0.25) is 0 Å². The van der Waals surface area contributed by atoms with Gasteiger partial charge in [0.1, 0.15) is 18.2 Å². The molecule has 1 aromatic rings. The van der Waals surface area contributed by atoms with Gasteiger partial charge in [0.05, 0.1) is 12.2 Å². The highest BCUT2D eigenvalue weighted by molar-refractivity contribution is 5.39. The van der Waals surface area contributed by atoms with Crippen molar-refractivity contribution in [2.75, 3.05) is 13.2 Å². The summed E-state index contributed by atoms with van der Waals surface area (Å²) in [7, 11) is 0. The molecule has 3 heteroatoms. The fraction of sp³-hybridized carbons (Fsp3) is 0.467. The van der Waals surface area contributed by atoms with E-state index in [2.05, 4.69) is 25.7 Å². The van der Waals surface area contributed by atoms with Gasteiger partial charge in [0.15, 0.2) is 0 Å². The van der Waals surface area contributed by atoms with Gasteiger partial charge in [0.25, 0.3) is 0 Å². The fourth-order valence-electron chi connectivity index (χ4n) is 1.56. The molecular formula is C15H19FO2. The predicted octanol–water partition coefficient (Wildman–Crippen LogP) is 2.98. The molecule has 0 aliphatic carbocycles. The molecule has 0 aromatic heterocycles. The van der Waals surface area contributed by atoms with E-state index in [1.807, 2.05) is 0 Å². The van der Waals surface area contributed by atoms with Crippen LogP contribution in [-0.4, -0.2) is 18.3 Å². The molecule has 0 saturated carbocycles. The molecule has 0 bridgehead atoms. The van der Waals surface area contributed by atoms with Crippen molar-refractivity contribution in [3.63, 3.8) is 0 Å². The number of aliphatic hydroxyl groups excluding tert-OH is 1. The van der Waals surface area contributed by atoms with Crippen molar-refractivity contribution >= 4 is 0 Å². The van der Waals surface area contributed by atoms with Gasteiger partial charge >= 0.3 is 0 Å². The number of aliphatic hydroxyl groups is 1. The predicted molar refractivity (Wildman–Crippen MR) is 69.9 cm³/mol. The van der Waals surface area contributed by atoms with Crippen molar-refractivity contribution < 1.29 is 14.2 Å². The molecular weight excluding hydrogens is 231 g/mol. The molecule has 0 aliphatic rings. The molecule has 0 heterocycles. The lowest BCUT2D eigenvalue weighted by Gasteiger charge is -2.13. The second-order valence-electron chi connectivity index (χ2n) is 4.10. The average molecular weight is 250 g/mol. The zero-order valence-electron chi connectivity index (χ0n) is 10.9. The Balaban J connectivity index is 2.66. The first-order chi connectivity index (χ1) is 8.71. The van der Waals surface area contributed by atoms with Gasteiger partial charge in [-0.2, -0.15) is 0 Å². The summed E-state index contributed by atoms with van der Waals surface area (Å²) < 4.78 is 19.2. The van der Waals surface area contributed by atoms with Gasteiger partial charge in [-0.1, -0.05) is 38.5 Å². The minimum absolute atomic E-state index is 0.271. The van der Waals surface area contributed by atoms with Crippen molar-refractivity contribution in [3.8, 4) is 17.6 Å². The normalized spacial score (nSPS) is 10.1. The van der Waals surface area contributed by atoms with Crippen molar-refractivity contribution in [1.82, 2.24) is 0 Å². The van der Waals surface area contributed by atoms with E-state index in [4.69, 9.17) is 9.84 Å². The Labute approximate surface area is 108 Å². The minimum atomic E-state index is -0.419. The average Bonchev–Trinajstić information content (AvgIpc) is 2.39. The standard InChI is InChI=1S/C15H19FO2/c1-3-12(4-2)11-18-14-8-7-13(6-5-9-17)15(16)10-14/h7-8,10,12,17H,3-4,9,11H2,1-2H3. The number of hydrogen-bond acceptors (Lipinski definition) is 2. The maximum Gasteiger partial charge on any atom is 0.142 e. The van der Waals surface area contributed by atoms with Gasteiger partial charge in [0, 0.05) is 6.07 Å². The van der Waals surface area contributed by atoms with E-state index in [0.29, 0.717) is 18.3 Å². The molecule has 1 aromatic carbocycles. The smallest absolute Gasteiger partial charge is 0.142 e. The number of hydrogen-bond donors (Lipinski definition) is 1. The van der Waals surface area contributed by atoms with E-state index in [1.165, 1.54) is 6.07 Å². The molecule has 0 amide bonds. The van der Waals surface area contributed by atoms with Crippen LogP contribution in [0.4, 0.5) is 4.39 Å². The van der Waals surface area contributed by atoms with E-state index in [0.717, 1.165) is 12.8 Å². The zero-order chi connectivity index (χ0) is 13.4. The monoisotopic (exact) mass is 250 g/mol. The molecule has 0 aliphatic heterocycles. The Hall–Kier alpha value is -1.53. The summed E-state index contributed by atoms with van der Waals surface area (Å²) in [5.74, 6) is 5.57. The third kappa shape index (κ3) is 4.38. The van der Waals surface area contributed by atoms with Crippen LogP contribution < -0.4 is 4.74 Å². The quantitative estimate of drug-likeness (QED) is 0.814. The molecule has 0 unspecified atom stereocenters. The molecule has 1 rings (SSSR count). The van der Waals surface area contributed by atoms with Crippen LogP contribution in [0.3, 0.4) is 0 Å². The maximum atomic E-state index is 13.6. The largest absolute Gasteiger partial charge is 0.493 e. The molecule has 18 heavy (non-hydrogen) atoms. The zero-order valence-corrected chi connectivity index (χ0v) is 10.9. The Morgan fingerprint density at radius 1 is 1.33 bits per heavy atom. The Morgan fingerprint density at radius 2 is 2.06 bits per heavy atom. The second kappa shape index (κ2) is 7.73. The fourth-order valence-corrected chi connectivity index (χ4v) is 1.56. The highest BCUT2D eigenvalue weighted by Crippen LogP contribution is 2.18.